The molecule has 136 valence electrons. The zero-order valence-electron chi connectivity index (χ0n) is 13.2. The van der Waals surface area contributed by atoms with E-state index in [-0.39, 0.29) is 18.2 Å². The number of hydrogen-bond donors (Lipinski definition) is 3. The van der Waals surface area contributed by atoms with Gasteiger partial charge in [-0.15, -0.1) is 0 Å². The first-order chi connectivity index (χ1) is 12.0. The summed E-state index contributed by atoms with van der Waals surface area (Å²) in [5.41, 5.74) is 2.84. The van der Waals surface area contributed by atoms with E-state index < -0.39 is 6.61 Å². The number of rotatable bonds is 7. The van der Waals surface area contributed by atoms with Gasteiger partial charge in [-0.3, -0.25) is 10.2 Å². The zero-order chi connectivity index (χ0) is 18.7. The molecule has 7 nitrogen and oxygen atoms in total. The molecule has 0 saturated carbocycles. The van der Waals surface area contributed by atoms with Gasteiger partial charge in [0.1, 0.15) is 17.4 Å². The Morgan fingerprint density at radius 3 is 2.64 bits per heavy atom. The van der Waals surface area contributed by atoms with Crippen molar-refractivity contribution in [3.63, 3.8) is 0 Å². The van der Waals surface area contributed by atoms with Gasteiger partial charge in [0.2, 0.25) is 12.3 Å². The van der Waals surface area contributed by atoms with Gasteiger partial charge in [-0.05, 0) is 24.3 Å². The van der Waals surface area contributed by atoms with Gasteiger partial charge in [-0.1, -0.05) is 17.7 Å². The Morgan fingerprint density at radius 1 is 1.36 bits per heavy atom. The highest BCUT2D eigenvalue weighted by atomic mass is 35.5. The van der Waals surface area contributed by atoms with Crippen molar-refractivity contribution in [2.75, 3.05) is 12.4 Å². The molecule has 0 saturated heterocycles. The molecule has 25 heavy (non-hydrogen) atoms. The molecule has 2 rings (SSSR count). The maximum atomic E-state index is 12.4. The quantitative estimate of drug-likeness (QED) is 0.298. The number of hydrogen-bond acceptors (Lipinski definition) is 6. The van der Waals surface area contributed by atoms with Crippen molar-refractivity contribution in [1.29, 1.82) is 0 Å². The molecule has 1 heterocycles. The fourth-order valence-corrected chi connectivity index (χ4v) is 1.95. The third-order valence-electron chi connectivity index (χ3n) is 2.76. The predicted molar refractivity (Wildman–Crippen MR) is 89.6 cm³/mol. The van der Waals surface area contributed by atoms with E-state index in [2.05, 4.69) is 20.9 Å². The Morgan fingerprint density at radius 2 is 2.08 bits per heavy atom. The fraction of sp³-hybridized carbons (Fsp3) is 0.200. The molecule has 0 spiro atoms. The number of nitrogens with one attached hydrogen (secondary N) is 2. The van der Waals surface area contributed by atoms with Gasteiger partial charge in [-0.25, -0.2) is 10.8 Å². The monoisotopic (exact) mass is 374 g/mol. The first-order valence-electron chi connectivity index (χ1n) is 6.91. The van der Waals surface area contributed by atoms with E-state index in [1.807, 2.05) is 0 Å². The lowest BCUT2D eigenvalue weighted by atomic mass is 10.1. The lowest BCUT2D eigenvalue weighted by Gasteiger charge is -2.15. The van der Waals surface area contributed by atoms with Crippen LogP contribution in [0.4, 0.5) is 14.5 Å². The first kappa shape index (κ1) is 20.4. The molecule has 1 aromatic carbocycles. The van der Waals surface area contributed by atoms with Gasteiger partial charge in [-0.2, -0.15) is 8.78 Å². The molecular weight excluding hydrogens is 358 g/mol. The van der Waals surface area contributed by atoms with E-state index >= 15 is 0 Å². The van der Waals surface area contributed by atoms with E-state index in [9.17, 15) is 8.78 Å². The molecule has 0 radical (unpaired) electrons. The number of nitrogens with zero attached hydrogens (tertiary/aromatic N) is 1. The first-order valence-corrected chi connectivity index (χ1v) is 7.28. The molecule has 10 heteroatoms. The average molecular weight is 375 g/mol. The molecule has 0 aliphatic carbocycles. The maximum absolute atomic E-state index is 12.4. The minimum absolute atomic E-state index is 0.00417. The summed E-state index contributed by atoms with van der Waals surface area (Å²) in [5.74, 6) is 4.68. The summed E-state index contributed by atoms with van der Waals surface area (Å²) >= 11 is 5.93. The maximum Gasteiger partial charge on any atom is 0.387 e. The zero-order valence-corrected chi connectivity index (χ0v) is 14.0. The van der Waals surface area contributed by atoms with E-state index in [0.29, 0.717) is 22.7 Å². The predicted octanol–water partition coefficient (Wildman–Crippen LogP) is 2.56. The normalized spacial score (nSPS) is 9.68. The number of carbonyl (C=O) groups is 1. The molecule has 0 bridgehead atoms. The van der Waals surface area contributed by atoms with Crippen LogP contribution < -0.4 is 26.1 Å². The van der Waals surface area contributed by atoms with Crippen LogP contribution in [0.25, 0.3) is 0 Å². The van der Waals surface area contributed by atoms with Crippen LogP contribution in [0.1, 0.15) is 5.56 Å². The van der Waals surface area contributed by atoms with Crippen LogP contribution in [-0.4, -0.2) is 25.1 Å². The Labute approximate surface area is 148 Å². The summed E-state index contributed by atoms with van der Waals surface area (Å²) in [6.45, 7) is -2.91. The third kappa shape index (κ3) is 6.77. The summed E-state index contributed by atoms with van der Waals surface area (Å²) in [7, 11) is 1.68. The van der Waals surface area contributed by atoms with Crippen LogP contribution in [0.2, 0.25) is 5.02 Å². The highest BCUT2D eigenvalue weighted by Gasteiger charge is 2.14. The molecule has 0 fully saturated rings. The largest absolute Gasteiger partial charge is 0.472 e. The Kier molecular flexibility index (Phi) is 8.97. The summed E-state index contributed by atoms with van der Waals surface area (Å²) < 4.78 is 34.9. The molecule has 2 aromatic rings. The van der Waals surface area contributed by atoms with Crippen LogP contribution in [0.15, 0.2) is 36.5 Å². The molecule has 0 aliphatic heterocycles. The van der Waals surface area contributed by atoms with Gasteiger partial charge in [0.05, 0.1) is 5.56 Å². The molecule has 1 amide bonds. The number of anilines is 1. The number of aromatic nitrogens is 1. The van der Waals surface area contributed by atoms with Crippen LogP contribution >= 0.6 is 11.6 Å². The number of halogens is 3. The van der Waals surface area contributed by atoms with Gasteiger partial charge in [0.15, 0.2) is 0 Å². The van der Waals surface area contributed by atoms with E-state index in [0.717, 1.165) is 0 Å². The Bertz CT molecular complexity index is 677. The van der Waals surface area contributed by atoms with Crippen LogP contribution in [0.3, 0.4) is 0 Å². The highest BCUT2D eigenvalue weighted by molar-refractivity contribution is 6.31. The summed E-state index contributed by atoms with van der Waals surface area (Å²) in [6, 6.07) is 8.09. The van der Waals surface area contributed by atoms with Crippen molar-refractivity contribution in [2.24, 2.45) is 5.84 Å². The molecule has 0 aliphatic rings. The second kappa shape index (κ2) is 11.0. The van der Waals surface area contributed by atoms with E-state index in [1.54, 1.807) is 36.7 Å². The number of nitrogens with two attached hydrogens (primary N) is 1. The van der Waals surface area contributed by atoms with Crippen LogP contribution in [0.5, 0.6) is 11.6 Å². The van der Waals surface area contributed by atoms with Gasteiger partial charge in [0, 0.05) is 18.9 Å². The molecule has 0 unspecified atom stereocenters. The van der Waals surface area contributed by atoms with Gasteiger partial charge in [0.25, 0.3) is 0 Å². The summed E-state index contributed by atoms with van der Waals surface area (Å²) in [6.07, 6.45) is 1.93. The number of carbonyl (C=O) groups excluding carboxylic acids is 1. The average Bonchev–Trinajstić information content (AvgIpc) is 2.61. The number of pyridine rings is 1. The topological polar surface area (TPSA) is 98.5 Å². The van der Waals surface area contributed by atoms with Crippen molar-refractivity contribution in [3.8, 4) is 11.6 Å². The van der Waals surface area contributed by atoms with Crippen molar-refractivity contribution in [1.82, 2.24) is 10.4 Å². The SMILES string of the molecule is CNc1cccc(OC(F)F)c1COc1ncccc1Cl.NNC=O. The number of ether oxygens (including phenoxy) is 2. The Hall–Kier alpha value is -2.65. The summed E-state index contributed by atoms with van der Waals surface area (Å²) in [4.78, 5) is 12.9. The minimum atomic E-state index is -2.91. The lowest BCUT2D eigenvalue weighted by molar-refractivity contribution is -0.109. The van der Waals surface area contributed by atoms with Crippen molar-refractivity contribution < 1.29 is 23.0 Å². The molecule has 0 atom stereocenters. The molecular formula is C15H17ClF2N4O3. The second-order valence-electron chi connectivity index (χ2n) is 4.27. The van der Waals surface area contributed by atoms with Crippen LogP contribution in [0, 0.1) is 0 Å². The smallest absolute Gasteiger partial charge is 0.387 e. The number of hydrazine groups is 1. The standard InChI is InChI=1S/C14H13ClF2N2O2.CH4N2O/c1-18-11-5-2-6-12(21-14(16)17)9(11)8-20-13-10(15)4-3-7-19-13;2-3-1-4/h2-7,14,18H,8H2,1H3;1H,2H2,(H,3,4). The lowest BCUT2D eigenvalue weighted by Crippen LogP contribution is -2.18. The van der Waals surface area contributed by atoms with Crippen molar-refractivity contribution in [2.45, 2.75) is 13.2 Å². The van der Waals surface area contributed by atoms with E-state index in [1.165, 1.54) is 12.3 Å². The molecule has 1 aromatic heterocycles. The number of benzene rings is 1. The van der Waals surface area contributed by atoms with E-state index in [4.69, 9.17) is 21.1 Å². The van der Waals surface area contributed by atoms with Crippen molar-refractivity contribution >= 4 is 23.7 Å². The van der Waals surface area contributed by atoms with Gasteiger partial charge >= 0.3 is 6.61 Å². The second-order valence-corrected chi connectivity index (χ2v) is 4.68. The van der Waals surface area contributed by atoms with Crippen molar-refractivity contribution in [3.05, 3.63) is 47.1 Å². The Balaban J connectivity index is 0.000000705. The number of alkyl halides is 2. The van der Waals surface area contributed by atoms with Crippen LogP contribution in [-0.2, 0) is 11.4 Å². The minimum Gasteiger partial charge on any atom is -0.472 e. The number of amides is 1. The highest BCUT2D eigenvalue weighted by Crippen LogP contribution is 2.30. The third-order valence-corrected chi connectivity index (χ3v) is 3.05. The summed E-state index contributed by atoms with van der Waals surface area (Å²) in [5, 5.41) is 3.25. The van der Waals surface area contributed by atoms with Gasteiger partial charge < -0.3 is 14.8 Å². The molecule has 4 N–H and O–H groups in total. The fourth-order valence-electron chi connectivity index (χ4n) is 1.77.